The monoisotopic (exact) mass is 421 g/mol. The van der Waals surface area contributed by atoms with Crippen molar-refractivity contribution >= 4 is 28.5 Å². The molecule has 2 heterocycles. The van der Waals surface area contributed by atoms with Crippen LogP contribution in [0.25, 0.3) is 11.0 Å². The van der Waals surface area contributed by atoms with Gasteiger partial charge in [0.25, 0.3) is 17.4 Å². The maximum Gasteiger partial charge on any atom is 0.330 e. The van der Waals surface area contributed by atoms with E-state index in [0.29, 0.717) is 24.3 Å². The molecule has 0 bridgehead atoms. The van der Waals surface area contributed by atoms with Crippen molar-refractivity contribution in [3.63, 3.8) is 0 Å². The maximum atomic E-state index is 12.8. The second-order valence-electron chi connectivity index (χ2n) is 7.47. The molecule has 0 saturated heterocycles. The van der Waals surface area contributed by atoms with Crippen molar-refractivity contribution in [1.29, 1.82) is 0 Å². The summed E-state index contributed by atoms with van der Waals surface area (Å²) in [6, 6.07) is 8.16. The standard InChI is InChI=1S/C22H23N5O4/c1-3-26(4-2)21(30)13-6-5-7-15(10-13)24-19(28)14-11-17-18(23-12-14)27(16-8-9-16)22(31)25-20(17)29/h5-7,10-12,16H,3-4,8-9H2,1-2H3,(H,24,28)(H,25,29,31). The summed E-state index contributed by atoms with van der Waals surface area (Å²) >= 11 is 0. The van der Waals surface area contributed by atoms with Crippen LogP contribution in [-0.4, -0.2) is 44.3 Å². The third kappa shape index (κ3) is 3.98. The minimum absolute atomic E-state index is 0.0325. The van der Waals surface area contributed by atoms with Crippen molar-refractivity contribution in [3.05, 3.63) is 68.5 Å². The summed E-state index contributed by atoms with van der Waals surface area (Å²) in [5, 5.41) is 2.93. The smallest absolute Gasteiger partial charge is 0.330 e. The number of rotatable bonds is 6. The van der Waals surface area contributed by atoms with Crippen molar-refractivity contribution in [2.45, 2.75) is 32.7 Å². The van der Waals surface area contributed by atoms with E-state index in [4.69, 9.17) is 0 Å². The molecule has 9 nitrogen and oxygen atoms in total. The highest BCUT2D eigenvalue weighted by molar-refractivity contribution is 6.06. The first kappa shape index (κ1) is 20.5. The van der Waals surface area contributed by atoms with Crippen molar-refractivity contribution in [2.24, 2.45) is 0 Å². The third-order valence-corrected chi connectivity index (χ3v) is 5.37. The molecule has 1 fully saturated rings. The lowest BCUT2D eigenvalue weighted by Gasteiger charge is -2.19. The molecule has 2 amide bonds. The molecule has 1 aliphatic carbocycles. The highest BCUT2D eigenvalue weighted by Gasteiger charge is 2.27. The molecule has 9 heteroatoms. The van der Waals surface area contributed by atoms with E-state index in [1.807, 2.05) is 13.8 Å². The fourth-order valence-corrected chi connectivity index (χ4v) is 3.56. The number of carbonyl (C=O) groups is 2. The lowest BCUT2D eigenvalue weighted by Crippen LogP contribution is -2.30. The van der Waals surface area contributed by atoms with Gasteiger partial charge in [-0.2, -0.15) is 0 Å². The van der Waals surface area contributed by atoms with Crippen LogP contribution in [0, 0.1) is 0 Å². The van der Waals surface area contributed by atoms with E-state index in [-0.39, 0.29) is 28.5 Å². The fourth-order valence-electron chi connectivity index (χ4n) is 3.56. The fraction of sp³-hybridized carbons (Fsp3) is 0.318. The first-order valence-electron chi connectivity index (χ1n) is 10.3. The second kappa shape index (κ2) is 8.17. The summed E-state index contributed by atoms with van der Waals surface area (Å²) in [5.41, 5.74) is 0.326. The quantitative estimate of drug-likeness (QED) is 0.632. The molecule has 0 aliphatic heterocycles. The van der Waals surface area contributed by atoms with Gasteiger partial charge in [0, 0.05) is 36.6 Å². The molecule has 0 atom stereocenters. The number of hydrogen-bond donors (Lipinski definition) is 2. The SMILES string of the molecule is CCN(CC)C(=O)c1cccc(NC(=O)c2cnc3c(c2)c(=O)[nH]c(=O)n3C2CC2)c1. The molecule has 3 aromatic rings. The molecule has 2 N–H and O–H groups in total. The molecule has 1 aromatic carbocycles. The predicted octanol–water partition coefficient (Wildman–Crippen LogP) is 2.15. The number of nitrogens with zero attached hydrogens (tertiary/aromatic N) is 3. The Bertz CT molecular complexity index is 1290. The summed E-state index contributed by atoms with van der Waals surface area (Å²) in [4.78, 5) is 58.0. The molecular formula is C22H23N5O4. The number of hydrogen-bond acceptors (Lipinski definition) is 5. The number of aromatic amines is 1. The highest BCUT2D eigenvalue weighted by atomic mass is 16.2. The molecule has 0 unspecified atom stereocenters. The Morgan fingerprint density at radius 2 is 1.90 bits per heavy atom. The van der Waals surface area contributed by atoms with Crippen LogP contribution in [0.1, 0.15) is 53.4 Å². The summed E-state index contributed by atoms with van der Waals surface area (Å²) in [6.45, 7) is 5.00. The molecular weight excluding hydrogens is 398 g/mol. The van der Waals surface area contributed by atoms with Crippen molar-refractivity contribution in [1.82, 2.24) is 19.4 Å². The van der Waals surface area contributed by atoms with E-state index < -0.39 is 17.2 Å². The Balaban J connectivity index is 1.62. The number of pyridine rings is 1. The molecule has 0 spiro atoms. The largest absolute Gasteiger partial charge is 0.339 e. The molecule has 2 aromatic heterocycles. The van der Waals surface area contributed by atoms with Gasteiger partial charge in [-0.25, -0.2) is 9.78 Å². The van der Waals surface area contributed by atoms with E-state index in [2.05, 4.69) is 15.3 Å². The van der Waals surface area contributed by atoms with Crippen LogP contribution in [0.5, 0.6) is 0 Å². The number of amides is 2. The first-order valence-corrected chi connectivity index (χ1v) is 10.3. The van der Waals surface area contributed by atoms with E-state index in [1.165, 1.54) is 16.8 Å². The highest BCUT2D eigenvalue weighted by Crippen LogP contribution is 2.34. The van der Waals surface area contributed by atoms with Gasteiger partial charge in [-0.05, 0) is 51.0 Å². The Hall–Kier alpha value is -3.75. The van der Waals surface area contributed by atoms with Crippen molar-refractivity contribution < 1.29 is 9.59 Å². The van der Waals surface area contributed by atoms with Crippen LogP contribution in [0.2, 0.25) is 0 Å². The number of anilines is 1. The van der Waals surface area contributed by atoms with Crippen molar-refractivity contribution in [3.8, 4) is 0 Å². The van der Waals surface area contributed by atoms with Crippen LogP contribution in [0.3, 0.4) is 0 Å². The predicted molar refractivity (Wildman–Crippen MR) is 117 cm³/mol. The van der Waals surface area contributed by atoms with Crippen LogP contribution in [0.15, 0.2) is 46.1 Å². The molecule has 0 radical (unpaired) electrons. The van der Waals surface area contributed by atoms with Crippen LogP contribution >= 0.6 is 0 Å². The molecule has 31 heavy (non-hydrogen) atoms. The third-order valence-electron chi connectivity index (χ3n) is 5.37. The number of carbonyl (C=O) groups excluding carboxylic acids is 2. The van der Waals surface area contributed by atoms with Gasteiger partial charge in [-0.15, -0.1) is 0 Å². The lowest BCUT2D eigenvalue weighted by atomic mass is 10.1. The lowest BCUT2D eigenvalue weighted by molar-refractivity contribution is 0.0772. The van der Waals surface area contributed by atoms with E-state index >= 15 is 0 Å². The average molecular weight is 421 g/mol. The Labute approximate surface area is 177 Å². The Morgan fingerprint density at radius 1 is 1.16 bits per heavy atom. The number of nitrogens with one attached hydrogen (secondary N) is 2. The van der Waals surface area contributed by atoms with Gasteiger partial charge in [0.05, 0.1) is 10.9 Å². The van der Waals surface area contributed by atoms with Crippen LogP contribution in [0.4, 0.5) is 5.69 Å². The zero-order valence-corrected chi connectivity index (χ0v) is 17.3. The first-order chi connectivity index (χ1) is 14.9. The minimum Gasteiger partial charge on any atom is -0.339 e. The van der Waals surface area contributed by atoms with Gasteiger partial charge in [0.2, 0.25) is 0 Å². The summed E-state index contributed by atoms with van der Waals surface area (Å²) in [6.07, 6.45) is 3.06. The summed E-state index contributed by atoms with van der Waals surface area (Å²) in [7, 11) is 0. The summed E-state index contributed by atoms with van der Waals surface area (Å²) in [5.74, 6) is -0.580. The van der Waals surface area contributed by atoms with Crippen LogP contribution in [-0.2, 0) is 0 Å². The number of H-pyrrole nitrogens is 1. The molecule has 160 valence electrons. The van der Waals surface area contributed by atoms with Gasteiger partial charge in [0.1, 0.15) is 5.65 Å². The van der Waals surface area contributed by atoms with Gasteiger partial charge in [0.15, 0.2) is 0 Å². The van der Waals surface area contributed by atoms with Crippen molar-refractivity contribution in [2.75, 3.05) is 18.4 Å². The summed E-state index contributed by atoms with van der Waals surface area (Å²) < 4.78 is 1.47. The van der Waals surface area contributed by atoms with E-state index in [9.17, 15) is 19.2 Å². The molecule has 4 rings (SSSR count). The molecule has 1 saturated carbocycles. The second-order valence-corrected chi connectivity index (χ2v) is 7.47. The number of aromatic nitrogens is 3. The topological polar surface area (TPSA) is 117 Å². The maximum absolute atomic E-state index is 12.8. The van der Waals surface area contributed by atoms with E-state index in [1.54, 1.807) is 29.2 Å². The van der Waals surface area contributed by atoms with Gasteiger partial charge >= 0.3 is 5.69 Å². The van der Waals surface area contributed by atoms with Gasteiger partial charge in [-0.3, -0.25) is 23.9 Å². The number of benzene rings is 1. The minimum atomic E-state index is -0.578. The Morgan fingerprint density at radius 3 is 2.58 bits per heavy atom. The van der Waals surface area contributed by atoms with E-state index in [0.717, 1.165) is 12.8 Å². The Kier molecular flexibility index (Phi) is 5.41. The molecule has 1 aliphatic rings. The zero-order valence-electron chi connectivity index (χ0n) is 17.3. The average Bonchev–Trinajstić information content (AvgIpc) is 3.59. The normalized spacial score (nSPS) is 13.2. The van der Waals surface area contributed by atoms with Gasteiger partial charge < -0.3 is 10.2 Å². The number of fused-ring (bicyclic) bond motifs is 1. The van der Waals surface area contributed by atoms with Gasteiger partial charge in [-0.1, -0.05) is 6.07 Å². The zero-order chi connectivity index (χ0) is 22.1. The van der Waals surface area contributed by atoms with Crippen LogP contribution < -0.4 is 16.6 Å².